The Bertz CT molecular complexity index is 690. The number of carbonyl (C=O) groups is 2. The van der Waals surface area contributed by atoms with Gasteiger partial charge in [-0.2, -0.15) is 0 Å². The Morgan fingerprint density at radius 1 is 1.37 bits per heavy atom. The van der Waals surface area contributed by atoms with Gasteiger partial charge in [0.2, 0.25) is 11.8 Å². The number of imide groups is 1. The molecule has 0 bridgehead atoms. The predicted molar refractivity (Wildman–Crippen MR) is 75.7 cm³/mol. The van der Waals surface area contributed by atoms with E-state index in [1.165, 1.54) is 0 Å². The van der Waals surface area contributed by atoms with Crippen LogP contribution in [0.4, 0.5) is 0 Å². The maximum absolute atomic E-state index is 11.9. The lowest BCUT2D eigenvalue weighted by molar-refractivity contribution is -0.134. The molecule has 98 valence electrons. The molecule has 1 atom stereocenters. The minimum absolute atomic E-state index is 0.180. The number of fused-ring (bicyclic) bond motifs is 1. The number of piperidine rings is 1. The van der Waals surface area contributed by atoms with E-state index in [1.807, 2.05) is 36.0 Å². The minimum Gasteiger partial charge on any atom is -0.351 e. The summed E-state index contributed by atoms with van der Waals surface area (Å²) in [6.07, 6.45) is 2.97. The molecule has 1 fully saturated rings. The third-order valence-electron chi connectivity index (χ3n) is 3.62. The highest BCUT2D eigenvalue weighted by atomic mass is 79.9. The summed E-state index contributed by atoms with van der Waals surface area (Å²) >= 11 is 3.55. The second-order valence-corrected chi connectivity index (χ2v) is 5.72. The number of nitrogens with one attached hydrogen (secondary N) is 1. The largest absolute Gasteiger partial charge is 0.351 e. The van der Waals surface area contributed by atoms with Gasteiger partial charge in [-0.1, -0.05) is 15.9 Å². The average molecular weight is 321 g/mol. The lowest BCUT2D eigenvalue weighted by atomic mass is 9.90. The minimum atomic E-state index is -0.242. The van der Waals surface area contributed by atoms with E-state index < -0.39 is 0 Å². The maximum Gasteiger partial charge on any atom is 0.234 e. The zero-order valence-electron chi connectivity index (χ0n) is 10.4. The Hall–Kier alpha value is -1.62. The van der Waals surface area contributed by atoms with Crippen LogP contribution in [0.1, 0.15) is 24.3 Å². The van der Waals surface area contributed by atoms with Gasteiger partial charge >= 0.3 is 0 Å². The van der Waals surface area contributed by atoms with Crippen molar-refractivity contribution in [3.63, 3.8) is 0 Å². The number of nitrogens with zero attached hydrogens (tertiary/aromatic N) is 1. The third kappa shape index (κ3) is 2.08. The van der Waals surface area contributed by atoms with Crippen LogP contribution in [0.5, 0.6) is 0 Å². The summed E-state index contributed by atoms with van der Waals surface area (Å²) in [5.74, 6) is -0.620. The Labute approximate surface area is 118 Å². The van der Waals surface area contributed by atoms with Crippen LogP contribution < -0.4 is 5.32 Å². The molecular formula is C14H13BrN2O2. The van der Waals surface area contributed by atoms with Crippen molar-refractivity contribution in [2.75, 3.05) is 0 Å². The quantitative estimate of drug-likeness (QED) is 0.821. The highest BCUT2D eigenvalue weighted by Gasteiger charge is 2.28. The van der Waals surface area contributed by atoms with Gasteiger partial charge in [0.15, 0.2) is 0 Å². The zero-order valence-corrected chi connectivity index (χ0v) is 12.0. The zero-order chi connectivity index (χ0) is 13.6. The van der Waals surface area contributed by atoms with Gasteiger partial charge in [0.05, 0.1) is 5.92 Å². The van der Waals surface area contributed by atoms with Crippen molar-refractivity contribution < 1.29 is 9.59 Å². The molecule has 5 heteroatoms. The van der Waals surface area contributed by atoms with Crippen molar-refractivity contribution in [2.45, 2.75) is 18.8 Å². The summed E-state index contributed by atoms with van der Waals surface area (Å²) in [7, 11) is 1.98. The molecule has 1 aliphatic heterocycles. The molecule has 2 heterocycles. The number of halogens is 1. The van der Waals surface area contributed by atoms with E-state index >= 15 is 0 Å². The van der Waals surface area contributed by atoms with Crippen molar-refractivity contribution in [1.82, 2.24) is 9.88 Å². The van der Waals surface area contributed by atoms with Crippen molar-refractivity contribution >= 4 is 38.6 Å². The fraction of sp³-hybridized carbons (Fsp3) is 0.286. The molecule has 0 aliphatic carbocycles. The first-order valence-corrected chi connectivity index (χ1v) is 6.94. The van der Waals surface area contributed by atoms with Crippen LogP contribution in [0, 0.1) is 0 Å². The van der Waals surface area contributed by atoms with E-state index in [1.54, 1.807) is 0 Å². The highest BCUT2D eigenvalue weighted by Crippen LogP contribution is 2.32. The second kappa shape index (κ2) is 4.49. The van der Waals surface area contributed by atoms with Crippen LogP contribution in [-0.2, 0) is 16.6 Å². The number of aryl methyl sites for hydroxylation is 1. The standard InChI is InChI=1S/C14H13BrN2O2/c1-17-5-4-10-11(15)6-8(7-12(10)17)9-2-3-13(18)16-14(9)19/h4-7,9H,2-3H2,1H3,(H,16,18,19). The molecule has 0 saturated carbocycles. The smallest absolute Gasteiger partial charge is 0.234 e. The van der Waals surface area contributed by atoms with E-state index in [4.69, 9.17) is 0 Å². The molecule has 1 N–H and O–H groups in total. The number of carbonyl (C=O) groups excluding carboxylic acids is 2. The summed E-state index contributed by atoms with van der Waals surface area (Å²) in [6, 6.07) is 6.04. The van der Waals surface area contributed by atoms with Crippen LogP contribution >= 0.6 is 15.9 Å². The normalized spacial score (nSPS) is 19.8. The number of rotatable bonds is 1. The van der Waals surface area contributed by atoms with Crippen LogP contribution in [0.25, 0.3) is 10.9 Å². The molecule has 2 amide bonds. The van der Waals surface area contributed by atoms with E-state index in [2.05, 4.69) is 21.2 Å². The summed E-state index contributed by atoms with van der Waals surface area (Å²) in [6.45, 7) is 0. The van der Waals surface area contributed by atoms with E-state index in [0.717, 1.165) is 20.9 Å². The Morgan fingerprint density at radius 3 is 2.89 bits per heavy atom. The van der Waals surface area contributed by atoms with Gasteiger partial charge in [-0.15, -0.1) is 0 Å². The number of hydrogen-bond acceptors (Lipinski definition) is 2. The first-order chi connectivity index (χ1) is 9.06. The highest BCUT2D eigenvalue weighted by molar-refractivity contribution is 9.10. The molecule has 1 aliphatic rings. The maximum atomic E-state index is 11.9. The van der Waals surface area contributed by atoms with Crippen molar-refractivity contribution in [1.29, 1.82) is 0 Å². The molecule has 1 aromatic carbocycles. The van der Waals surface area contributed by atoms with Gasteiger partial charge in [0.25, 0.3) is 0 Å². The van der Waals surface area contributed by atoms with Crippen LogP contribution in [0.3, 0.4) is 0 Å². The SMILES string of the molecule is Cn1ccc2c(Br)cc(C3CCC(=O)NC3=O)cc21. The average Bonchev–Trinajstić information content (AvgIpc) is 2.72. The molecule has 1 aromatic heterocycles. The van der Waals surface area contributed by atoms with Gasteiger partial charge in [-0.05, 0) is 30.2 Å². The molecule has 3 rings (SSSR count). The Morgan fingerprint density at radius 2 is 2.16 bits per heavy atom. The molecule has 2 aromatic rings. The Kier molecular flexibility index (Phi) is 2.93. The van der Waals surface area contributed by atoms with Crippen molar-refractivity contribution in [3.05, 3.63) is 34.4 Å². The summed E-state index contributed by atoms with van der Waals surface area (Å²) < 4.78 is 3.00. The first kappa shape index (κ1) is 12.4. The summed E-state index contributed by atoms with van der Waals surface area (Å²) in [4.78, 5) is 23.1. The first-order valence-electron chi connectivity index (χ1n) is 6.14. The van der Waals surface area contributed by atoms with Crippen LogP contribution in [0.2, 0.25) is 0 Å². The van der Waals surface area contributed by atoms with Crippen LogP contribution in [0.15, 0.2) is 28.9 Å². The van der Waals surface area contributed by atoms with Gasteiger partial charge < -0.3 is 4.57 Å². The van der Waals surface area contributed by atoms with Gasteiger partial charge in [0.1, 0.15) is 0 Å². The molecule has 1 unspecified atom stereocenters. The van der Waals surface area contributed by atoms with Gasteiger partial charge in [-0.3, -0.25) is 14.9 Å². The van der Waals surface area contributed by atoms with Crippen LogP contribution in [-0.4, -0.2) is 16.4 Å². The molecule has 1 saturated heterocycles. The topological polar surface area (TPSA) is 51.1 Å². The molecule has 0 spiro atoms. The van der Waals surface area contributed by atoms with Gasteiger partial charge in [-0.25, -0.2) is 0 Å². The molecular weight excluding hydrogens is 308 g/mol. The molecule has 0 radical (unpaired) electrons. The number of amides is 2. The van der Waals surface area contributed by atoms with E-state index in [-0.39, 0.29) is 17.7 Å². The monoisotopic (exact) mass is 320 g/mol. The van der Waals surface area contributed by atoms with E-state index in [0.29, 0.717) is 12.8 Å². The molecule has 19 heavy (non-hydrogen) atoms. The molecule has 4 nitrogen and oxygen atoms in total. The van der Waals surface area contributed by atoms with Crippen molar-refractivity contribution in [3.8, 4) is 0 Å². The third-order valence-corrected chi connectivity index (χ3v) is 4.27. The van der Waals surface area contributed by atoms with E-state index in [9.17, 15) is 9.59 Å². The number of hydrogen-bond donors (Lipinski definition) is 1. The lowest BCUT2D eigenvalue weighted by Crippen LogP contribution is -2.39. The fourth-order valence-corrected chi connectivity index (χ4v) is 3.16. The number of aromatic nitrogens is 1. The Balaban J connectivity index is 2.07. The van der Waals surface area contributed by atoms with Gasteiger partial charge in [0, 0.05) is 35.0 Å². The second-order valence-electron chi connectivity index (χ2n) is 4.87. The fourth-order valence-electron chi connectivity index (χ4n) is 2.56. The summed E-state index contributed by atoms with van der Waals surface area (Å²) in [5.41, 5.74) is 2.03. The summed E-state index contributed by atoms with van der Waals surface area (Å²) in [5, 5.41) is 3.53. The van der Waals surface area contributed by atoms with Crippen molar-refractivity contribution in [2.24, 2.45) is 7.05 Å². The predicted octanol–water partition coefficient (Wildman–Crippen LogP) is 2.46. The lowest BCUT2D eigenvalue weighted by Gasteiger charge is -2.21. The number of benzene rings is 1.